The van der Waals surface area contributed by atoms with E-state index in [2.05, 4.69) is 0 Å². The van der Waals surface area contributed by atoms with Crippen LogP contribution in [0.1, 0.15) is 10.4 Å². The predicted octanol–water partition coefficient (Wildman–Crippen LogP) is 1.38. The predicted molar refractivity (Wildman–Crippen MR) is 40.8 cm³/mol. The van der Waals surface area contributed by atoms with Crippen molar-refractivity contribution in [2.75, 3.05) is 0 Å². The van der Waals surface area contributed by atoms with E-state index in [1.807, 2.05) is 0 Å². The second kappa shape index (κ2) is 6.38. The molecule has 54 valence electrons. The first-order valence-electron chi connectivity index (χ1n) is 2.59. The van der Waals surface area contributed by atoms with Gasteiger partial charge < -0.3 is 18.6 Å². The normalized spacial score (nSPS) is 7.27. The van der Waals surface area contributed by atoms with Crippen LogP contribution in [0.4, 0.5) is 0 Å². The average Bonchev–Trinajstić information content (AvgIpc) is 1.90. The van der Waals surface area contributed by atoms with E-state index in [1.165, 1.54) is 0 Å². The molecule has 0 aliphatic carbocycles. The van der Waals surface area contributed by atoms with E-state index >= 15 is 0 Å². The van der Waals surface area contributed by atoms with Crippen molar-refractivity contribution in [3.63, 3.8) is 0 Å². The monoisotopic (exact) mass is 218 g/mol. The van der Waals surface area contributed by atoms with Gasteiger partial charge in [-0.3, -0.25) is 0 Å². The largest absolute Gasteiger partial charge is 2.00 e. The Morgan fingerprint density at radius 2 is 1.64 bits per heavy atom. The number of aromatic carboxylic acids is 1. The molecule has 1 aromatic rings. The number of rotatable bonds is 1. The van der Waals surface area contributed by atoms with E-state index in [-0.39, 0.29) is 33.0 Å². The topological polar surface area (TPSA) is 37.3 Å². The maximum atomic E-state index is 10.2. The van der Waals surface area contributed by atoms with Crippen LogP contribution in [0, 0.1) is 0 Å². The van der Waals surface area contributed by atoms with Crippen molar-refractivity contribution >= 4 is 19.5 Å². The second-order valence-corrected chi connectivity index (χ2v) is 1.67. The third kappa shape index (κ3) is 4.17. The summed E-state index contributed by atoms with van der Waals surface area (Å²) in [6.07, 6.45) is 0. The van der Waals surface area contributed by atoms with Gasteiger partial charge in [-0.25, -0.2) is 4.79 Å². The molecular weight excluding hydrogens is 214 g/mol. The standard InChI is InChI=1S/C7H6O2.S.Zn/c8-7(9)6-4-2-1-3-5-6;;/h1-5H,(H,8,9);;/q;-2;+2. The quantitative estimate of drug-likeness (QED) is 0.725. The fraction of sp³-hybridized carbons (Fsp3) is 0. The van der Waals surface area contributed by atoms with Crippen molar-refractivity contribution in [2.24, 2.45) is 0 Å². The van der Waals surface area contributed by atoms with Crippen molar-refractivity contribution < 1.29 is 29.4 Å². The Hall–Kier alpha value is -0.337. The number of carboxylic acids is 1. The molecule has 0 spiro atoms. The van der Waals surface area contributed by atoms with Gasteiger partial charge in [0.15, 0.2) is 0 Å². The number of carboxylic acid groups (broad SMARTS) is 1. The minimum atomic E-state index is -0.879. The van der Waals surface area contributed by atoms with Gasteiger partial charge in [-0.05, 0) is 12.1 Å². The van der Waals surface area contributed by atoms with Gasteiger partial charge in [0.25, 0.3) is 0 Å². The van der Waals surface area contributed by atoms with Crippen LogP contribution in [0.15, 0.2) is 30.3 Å². The molecule has 0 bridgehead atoms. The van der Waals surface area contributed by atoms with Crippen molar-refractivity contribution in [1.82, 2.24) is 0 Å². The van der Waals surface area contributed by atoms with Gasteiger partial charge in [-0.15, -0.1) is 0 Å². The molecule has 1 rings (SSSR count). The van der Waals surface area contributed by atoms with Gasteiger partial charge in [0.1, 0.15) is 0 Å². The van der Waals surface area contributed by atoms with Crippen LogP contribution in [0.2, 0.25) is 0 Å². The van der Waals surface area contributed by atoms with Gasteiger partial charge in [0.2, 0.25) is 0 Å². The maximum absolute atomic E-state index is 10.2. The summed E-state index contributed by atoms with van der Waals surface area (Å²) in [5, 5.41) is 8.38. The summed E-state index contributed by atoms with van der Waals surface area (Å²) >= 11 is 0. The molecule has 0 aromatic heterocycles. The van der Waals surface area contributed by atoms with E-state index in [1.54, 1.807) is 30.3 Å². The molecule has 0 saturated carbocycles. The van der Waals surface area contributed by atoms with Gasteiger partial charge in [0, 0.05) is 0 Å². The minimum absolute atomic E-state index is 0. The van der Waals surface area contributed by atoms with Gasteiger partial charge in [0.05, 0.1) is 5.56 Å². The van der Waals surface area contributed by atoms with E-state index < -0.39 is 5.97 Å². The van der Waals surface area contributed by atoms with Gasteiger partial charge in [-0.2, -0.15) is 0 Å². The molecular formula is C7H6O2SZn. The first kappa shape index (κ1) is 13.3. The minimum Gasteiger partial charge on any atom is -2.00 e. The second-order valence-electron chi connectivity index (χ2n) is 1.67. The number of hydrogen-bond acceptors (Lipinski definition) is 1. The van der Waals surface area contributed by atoms with Crippen LogP contribution in [0.5, 0.6) is 0 Å². The number of hydrogen-bond donors (Lipinski definition) is 1. The number of benzene rings is 1. The van der Waals surface area contributed by atoms with Crippen LogP contribution in [0.25, 0.3) is 0 Å². The van der Waals surface area contributed by atoms with Crippen LogP contribution < -0.4 is 0 Å². The fourth-order valence-corrected chi connectivity index (χ4v) is 0.581. The molecule has 4 heteroatoms. The molecule has 2 nitrogen and oxygen atoms in total. The average molecular weight is 220 g/mol. The molecule has 1 N–H and O–H groups in total. The third-order valence-corrected chi connectivity index (χ3v) is 1.02. The zero-order valence-corrected chi connectivity index (χ0v) is 9.64. The Kier molecular flexibility index (Phi) is 7.69. The van der Waals surface area contributed by atoms with E-state index in [9.17, 15) is 4.79 Å². The smallest absolute Gasteiger partial charge is 2.00 e. The Morgan fingerprint density at radius 1 is 1.18 bits per heavy atom. The first-order chi connectivity index (χ1) is 4.30. The molecule has 11 heavy (non-hydrogen) atoms. The summed E-state index contributed by atoms with van der Waals surface area (Å²) in [6.45, 7) is 0. The summed E-state index contributed by atoms with van der Waals surface area (Å²) in [5.41, 5.74) is 0.331. The zero-order valence-electron chi connectivity index (χ0n) is 5.86. The SMILES string of the molecule is O=C(O)c1ccccc1.[S-2].[Zn+2]. The Balaban J connectivity index is 0. The third-order valence-electron chi connectivity index (χ3n) is 1.02. The zero-order chi connectivity index (χ0) is 6.69. The van der Waals surface area contributed by atoms with Crippen LogP contribution in [0.3, 0.4) is 0 Å². The van der Waals surface area contributed by atoms with Crippen LogP contribution >= 0.6 is 0 Å². The summed E-state index contributed by atoms with van der Waals surface area (Å²) in [5.74, 6) is -0.879. The summed E-state index contributed by atoms with van der Waals surface area (Å²) in [4.78, 5) is 10.2. The summed E-state index contributed by atoms with van der Waals surface area (Å²) < 4.78 is 0. The van der Waals surface area contributed by atoms with E-state index in [4.69, 9.17) is 5.11 Å². The summed E-state index contributed by atoms with van der Waals surface area (Å²) in [7, 11) is 0. The Labute approximate surface area is 84.8 Å². The summed E-state index contributed by atoms with van der Waals surface area (Å²) in [6, 6.07) is 8.30. The van der Waals surface area contributed by atoms with E-state index in [0.717, 1.165) is 0 Å². The maximum Gasteiger partial charge on any atom is 2.00 e. The van der Waals surface area contributed by atoms with Crippen LogP contribution in [-0.2, 0) is 33.0 Å². The molecule has 0 aliphatic heterocycles. The molecule has 0 aliphatic rings. The fourth-order valence-electron chi connectivity index (χ4n) is 0.581. The molecule has 0 unspecified atom stereocenters. The van der Waals surface area contributed by atoms with Gasteiger partial charge >= 0.3 is 25.4 Å². The molecule has 0 amide bonds. The Morgan fingerprint density at radius 3 is 1.91 bits per heavy atom. The van der Waals surface area contributed by atoms with Crippen molar-refractivity contribution in [1.29, 1.82) is 0 Å². The molecule has 0 saturated heterocycles. The van der Waals surface area contributed by atoms with E-state index in [0.29, 0.717) is 5.56 Å². The van der Waals surface area contributed by atoms with Crippen molar-refractivity contribution in [3.05, 3.63) is 35.9 Å². The van der Waals surface area contributed by atoms with Gasteiger partial charge in [-0.1, -0.05) is 18.2 Å². The molecule has 0 atom stereocenters. The number of carbonyl (C=O) groups is 1. The molecule has 0 fully saturated rings. The van der Waals surface area contributed by atoms with Crippen LogP contribution in [-0.4, -0.2) is 11.1 Å². The molecule has 0 radical (unpaired) electrons. The van der Waals surface area contributed by atoms with Crippen molar-refractivity contribution in [2.45, 2.75) is 0 Å². The molecule has 1 aromatic carbocycles. The first-order valence-corrected chi connectivity index (χ1v) is 2.59. The molecule has 0 heterocycles. The Bertz CT molecular complexity index is 213. The van der Waals surface area contributed by atoms with Crippen molar-refractivity contribution in [3.8, 4) is 0 Å².